The molecular weight excluding hydrogens is 278 g/mol. The van der Waals surface area contributed by atoms with Gasteiger partial charge in [-0.25, -0.2) is 15.2 Å². The maximum absolute atomic E-state index is 9.70. The smallest absolute Gasteiger partial charge is 0.193 e. The molecule has 0 spiro atoms. The molecule has 6 heteroatoms. The van der Waals surface area contributed by atoms with Crippen molar-refractivity contribution < 1.29 is 10.3 Å². The first-order chi connectivity index (χ1) is 10.4. The predicted molar refractivity (Wildman–Crippen MR) is 86.0 cm³/mol. The third kappa shape index (κ3) is 3.36. The molecule has 0 fully saturated rings. The van der Waals surface area contributed by atoms with Gasteiger partial charge in [0.2, 0.25) is 0 Å². The normalized spacial score (nSPS) is 13.0. The fraction of sp³-hybridized carbons (Fsp3) is 0.188. The monoisotopic (exact) mass is 298 g/mol. The molecule has 1 aromatic carbocycles. The number of hydroxylamine groups is 1. The zero-order chi connectivity index (χ0) is 16.3. The Morgan fingerprint density at radius 3 is 2.73 bits per heavy atom. The molecule has 0 aliphatic rings. The SMILES string of the molecule is Cc1ccc(C)c(C(=N)N=C(N)c2ncccc2[NH+](C)O)c1. The second-order valence-corrected chi connectivity index (χ2v) is 5.15. The van der Waals surface area contributed by atoms with E-state index in [2.05, 4.69) is 9.98 Å². The zero-order valence-electron chi connectivity index (χ0n) is 12.9. The molecule has 114 valence electrons. The van der Waals surface area contributed by atoms with Gasteiger partial charge >= 0.3 is 0 Å². The van der Waals surface area contributed by atoms with Crippen LogP contribution in [0, 0.1) is 19.3 Å². The van der Waals surface area contributed by atoms with E-state index < -0.39 is 0 Å². The van der Waals surface area contributed by atoms with Gasteiger partial charge in [-0.2, -0.15) is 5.06 Å². The molecule has 0 saturated heterocycles. The fourth-order valence-corrected chi connectivity index (χ4v) is 2.13. The van der Waals surface area contributed by atoms with E-state index >= 15 is 0 Å². The standard InChI is InChI=1S/C16H19N5O/c1-10-6-7-11(2)12(9-10)15(17)20-16(18)14-13(21(3)22)5-4-8-19-14/h4-9,22H,1-3H3,(H3,17,18,20)/p+1. The Kier molecular flexibility index (Phi) is 4.65. The second kappa shape index (κ2) is 6.46. The number of hydrogen-bond donors (Lipinski definition) is 4. The van der Waals surface area contributed by atoms with Crippen molar-refractivity contribution in [2.24, 2.45) is 10.7 Å². The number of hydrogen-bond acceptors (Lipinski definition) is 3. The first kappa shape index (κ1) is 15.8. The summed E-state index contributed by atoms with van der Waals surface area (Å²) < 4.78 is 0. The molecule has 0 saturated carbocycles. The lowest BCUT2D eigenvalue weighted by Crippen LogP contribution is -3.01. The van der Waals surface area contributed by atoms with Crippen LogP contribution >= 0.6 is 0 Å². The molecule has 6 nitrogen and oxygen atoms in total. The molecular formula is C16H20N5O+. The third-order valence-corrected chi connectivity index (χ3v) is 3.32. The van der Waals surface area contributed by atoms with Gasteiger partial charge in [-0.05, 0) is 31.5 Å². The number of pyridine rings is 1. The highest BCUT2D eigenvalue weighted by atomic mass is 16.5. The molecule has 0 radical (unpaired) electrons. The van der Waals surface area contributed by atoms with E-state index in [1.165, 1.54) is 0 Å². The van der Waals surface area contributed by atoms with E-state index in [4.69, 9.17) is 11.1 Å². The van der Waals surface area contributed by atoms with Crippen LogP contribution < -0.4 is 10.8 Å². The van der Waals surface area contributed by atoms with E-state index in [0.29, 0.717) is 11.4 Å². The zero-order valence-corrected chi connectivity index (χ0v) is 12.9. The minimum absolute atomic E-state index is 0.0749. The minimum Gasteiger partial charge on any atom is -0.382 e. The molecule has 5 N–H and O–H groups in total. The molecule has 0 bridgehead atoms. The summed E-state index contributed by atoms with van der Waals surface area (Å²) in [4.78, 5) is 8.31. The molecule has 2 rings (SSSR count). The van der Waals surface area contributed by atoms with E-state index in [1.807, 2.05) is 32.0 Å². The summed E-state index contributed by atoms with van der Waals surface area (Å²) in [5.41, 5.74) is 9.60. The van der Waals surface area contributed by atoms with E-state index in [9.17, 15) is 5.21 Å². The first-order valence-corrected chi connectivity index (χ1v) is 6.88. The van der Waals surface area contributed by atoms with Crippen molar-refractivity contribution in [2.75, 3.05) is 7.05 Å². The van der Waals surface area contributed by atoms with Gasteiger partial charge in [0, 0.05) is 17.8 Å². The average molecular weight is 298 g/mol. The van der Waals surface area contributed by atoms with Crippen LogP contribution in [0.25, 0.3) is 0 Å². The van der Waals surface area contributed by atoms with Crippen molar-refractivity contribution in [2.45, 2.75) is 13.8 Å². The average Bonchev–Trinajstić information content (AvgIpc) is 2.49. The lowest BCUT2D eigenvalue weighted by molar-refractivity contribution is -1.02. The number of nitrogens with one attached hydrogen (secondary N) is 2. The van der Waals surface area contributed by atoms with E-state index in [0.717, 1.165) is 16.7 Å². The van der Waals surface area contributed by atoms with Crippen LogP contribution in [0.3, 0.4) is 0 Å². The van der Waals surface area contributed by atoms with Crippen LogP contribution in [-0.4, -0.2) is 28.9 Å². The highest BCUT2D eigenvalue weighted by molar-refractivity contribution is 6.10. The summed E-state index contributed by atoms with van der Waals surface area (Å²) in [7, 11) is 1.56. The van der Waals surface area contributed by atoms with Gasteiger partial charge in [-0.1, -0.05) is 17.7 Å². The van der Waals surface area contributed by atoms with Gasteiger partial charge in [0.15, 0.2) is 23.1 Å². The molecule has 2 aromatic rings. The van der Waals surface area contributed by atoms with Crippen LogP contribution in [0.1, 0.15) is 22.4 Å². The maximum Gasteiger partial charge on any atom is 0.193 e. The second-order valence-electron chi connectivity index (χ2n) is 5.15. The van der Waals surface area contributed by atoms with Crippen molar-refractivity contribution in [3.8, 4) is 0 Å². The number of aromatic nitrogens is 1. The third-order valence-electron chi connectivity index (χ3n) is 3.32. The number of benzene rings is 1. The Bertz CT molecular complexity index is 737. The summed E-state index contributed by atoms with van der Waals surface area (Å²) in [6.45, 7) is 3.89. The molecule has 0 aliphatic heterocycles. The lowest BCUT2D eigenvalue weighted by atomic mass is 10.1. The number of nitrogens with zero attached hydrogens (tertiary/aromatic N) is 2. The summed E-state index contributed by atoms with van der Waals surface area (Å²) >= 11 is 0. The number of amidine groups is 2. The largest absolute Gasteiger partial charge is 0.382 e. The van der Waals surface area contributed by atoms with E-state index in [-0.39, 0.29) is 16.7 Å². The van der Waals surface area contributed by atoms with Gasteiger partial charge in [0.05, 0.1) is 0 Å². The van der Waals surface area contributed by atoms with Crippen molar-refractivity contribution in [3.05, 3.63) is 58.9 Å². The van der Waals surface area contributed by atoms with Gasteiger partial charge in [0.25, 0.3) is 0 Å². The van der Waals surface area contributed by atoms with Crippen molar-refractivity contribution >= 4 is 17.4 Å². The molecule has 1 heterocycles. The molecule has 0 amide bonds. The summed E-state index contributed by atoms with van der Waals surface area (Å²) in [6, 6.07) is 9.25. The minimum atomic E-state index is 0.0749. The Morgan fingerprint density at radius 1 is 1.32 bits per heavy atom. The summed E-state index contributed by atoms with van der Waals surface area (Å²) in [5.74, 6) is 0.181. The Morgan fingerprint density at radius 2 is 2.05 bits per heavy atom. The summed E-state index contributed by atoms with van der Waals surface area (Å²) in [6.07, 6.45) is 1.58. The fourth-order valence-electron chi connectivity index (χ4n) is 2.13. The highest BCUT2D eigenvalue weighted by Gasteiger charge is 2.16. The molecule has 1 unspecified atom stereocenters. The highest BCUT2D eigenvalue weighted by Crippen LogP contribution is 2.13. The van der Waals surface area contributed by atoms with Crippen molar-refractivity contribution in [1.82, 2.24) is 4.98 Å². The van der Waals surface area contributed by atoms with Crippen molar-refractivity contribution in [3.63, 3.8) is 0 Å². The Labute approximate surface area is 129 Å². The molecule has 1 aromatic heterocycles. The lowest BCUT2D eigenvalue weighted by Gasteiger charge is -2.09. The topological polar surface area (TPSA) is 99.8 Å². The molecule has 1 atom stereocenters. The number of aryl methyl sites for hydroxylation is 2. The Balaban J connectivity index is 2.41. The summed E-state index contributed by atoms with van der Waals surface area (Å²) in [5, 5.41) is 18.0. The number of quaternary nitrogens is 1. The first-order valence-electron chi connectivity index (χ1n) is 6.88. The van der Waals surface area contributed by atoms with Crippen LogP contribution in [0.4, 0.5) is 5.69 Å². The predicted octanol–water partition coefficient (Wildman–Crippen LogP) is 0.965. The van der Waals surface area contributed by atoms with Gasteiger partial charge in [-0.15, -0.1) is 0 Å². The number of nitrogens with two attached hydrogens (primary N) is 1. The number of aliphatic imine (C=N–C) groups is 1. The van der Waals surface area contributed by atoms with Crippen LogP contribution in [0.15, 0.2) is 41.5 Å². The van der Waals surface area contributed by atoms with Gasteiger partial charge < -0.3 is 5.73 Å². The van der Waals surface area contributed by atoms with Crippen LogP contribution in [0.2, 0.25) is 0 Å². The maximum atomic E-state index is 9.70. The van der Waals surface area contributed by atoms with Gasteiger partial charge in [0.1, 0.15) is 7.05 Å². The molecule has 22 heavy (non-hydrogen) atoms. The molecule has 0 aliphatic carbocycles. The van der Waals surface area contributed by atoms with Gasteiger partial charge in [-0.3, -0.25) is 5.41 Å². The number of rotatable bonds is 3. The van der Waals surface area contributed by atoms with Crippen LogP contribution in [-0.2, 0) is 0 Å². The van der Waals surface area contributed by atoms with E-state index in [1.54, 1.807) is 25.4 Å². The Hall–Kier alpha value is -2.57. The van der Waals surface area contributed by atoms with Crippen molar-refractivity contribution in [1.29, 1.82) is 5.41 Å². The quantitative estimate of drug-likeness (QED) is 0.386. The van der Waals surface area contributed by atoms with Crippen LogP contribution in [0.5, 0.6) is 0 Å².